The average molecular weight is 238 g/mol. The van der Waals surface area contributed by atoms with Gasteiger partial charge in [-0.1, -0.05) is 0 Å². The van der Waals surface area contributed by atoms with Crippen molar-refractivity contribution < 1.29 is 14.3 Å². The van der Waals surface area contributed by atoms with E-state index in [4.69, 9.17) is 15.2 Å². The highest BCUT2D eigenvalue weighted by atomic mass is 16.5. The minimum atomic E-state index is -0.558. The predicted octanol–water partition coefficient (Wildman–Crippen LogP) is 0.997. The summed E-state index contributed by atoms with van der Waals surface area (Å²) in [5.41, 5.74) is 6.39. The smallest absolute Gasteiger partial charge is 0.241 e. The van der Waals surface area contributed by atoms with Crippen LogP contribution in [0.1, 0.15) is 6.42 Å². The molecule has 0 saturated heterocycles. The molecule has 1 atom stereocenters. The summed E-state index contributed by atoms with van der Waals surface area (Å²) >= 11 is 0. The highest BCUT2D eigenvalue weighted by molar-refractivity contribution is 5.94. The van der Waals surface area contributed by atoms with Crippen LogP contribution in [0.15, 0.2) is 24.3 Å². The van der Waals surface area contributed by atoms with Gasteiger partial charge in [0, 0.05) is 19.4 Å². The zero-order chi connectivity index (χ0) is 12.7. The van der Waals surface area contributed by atoms with Crippen molar-refractivity contribution in [3.8, 4) is 5.75 Å². The lowest BCUT2D eigenvalue weighted by Gasteiger charge is -2.11. The topological polar surface area (TPSA) is 73.6 Å². The molecule has 5 heteroatoms. The van der Waals surface area contributed by atoms with E-state index >= 15 is 0 Å². The Balaban J connectivity index is 2.49. The molecular weight excluding hydrogens is 220 g/mol. The summed E-state index contributed by atoms with van der Waals surface area (Å²) in [4.78, 5) is 11.6. The molecule has 1 unspecified atom stereocenters. The standard InChI is InChI=1S/C12H18N2O3/c1-16-8-7-11(13)12(15)14-9-3-5-10(17-2)6-4-9/h3-6,11H,7-8,13H2,1-2H3,(H,14,15). The van der Waals surface area contributed by atoms with E-state index in [-0.39, 0.29) is 5.91 Å². The highest BCUT2D eigenvalue weighted by Gasteiger charge is 2.12. The van der Waals surface area contributed by atoms with Gasteiger partial charge in [0.1, 0.15) is 5.75 Å². The number of nitrogens with two attached hydrogens (primary N) is 1. The van der Waals surface area contributed by atoms with E-state index in [9.17, 15) is 4.79 Å². The first kappa shape index (κ1) is 13.5. The number of ether oxygens (including phenoxy) is 2. The molecule has 1 aromatic carbocycles. The summed E-state index contributed by atoms with van der Waals surface area (Å²) in [6.45, 7) is 0.469. The van der Waals surface area contributed by atoms with Gasteiger partial charge in [0.05, 0.1) is 13.2 Å². The third kappa shape index (κ3) is 4.42. The van der Waals surface area contributed by atoms with E-state index in [1.165, 1.54) is 0 Å². The van der Waals surface area contributed by atoms with Crippen molar-refractivity contribution in [3.63, 3.8) is 0 Å². The number of rotatable bonds is 6. The Morgan fingerprint density at radius 3 is 2.53 bits per heavy atom. The van der Waals surface area contributed by atoms with Gasteiger partial charge in [0.25, 0.3) is 0 Å². The van der Waals surface area contributed by atoms with Gasteiger partial charge in [0.15, 0.2) is 0 Å². The maximum Gasteiger partial charge on any atom is 0.241 e. The summed E-state index contributed by atoms with van der Waals surface area (Å²) in [5, 5.41) is 2.73. The number of hydrogen-bond acceptors (Lipinski definition) is 4. The van der Waals surface area contributed by atoms with Crippen LogP contribution in [-0.2, 0) is 9.53 Å². The molecule has 0 aliphatic rings. The quantitative estimate of drug-likeness (QED) is 0.775. The molecule has 0 bridgehead atoms. The molecule has 94 valence electrons. The number of hydrogen-bond donors (Lipinski definition) is 2. The second kappa shape index (κ2) is 6.88. The summed E-state index contributed by atoms with van der Waals surface area (Å²) in [5.74, 6) is 0.527. The maximum atomic E-state index is 11.6. The summed E-state index contributed by atoms with van der Waals surface area (Å²) in [6, 6.07) is 6.52. The van der Waals surface area contributed by atoms with Crippen LogP contribution in [-0.4, -0.2) is 32.8 Å². The molecule has 0 aliphatic heterocycles. The molecule has 0 aliphatic carbocycles. The lowest BCUT2D eigenvalue weighted by molar-refractivity contribution is -0.117. The number of anilines is 1. The van der Waals surface area contributed by atoms with E-state index in [2.05, 4.69) is 5.32 Å². The first-order valence-electron chi connectivity index (χ1n) is 5.37. The number of amides is 1. The van der Waals surface area contributed by atoms with Crippen LogP contribution in [0, 0.1) is 0 Å². The Morgan fingerprint density at radius 1 is 1.35 bits per heavy atom. The Morgan fingerprint density at radius 2 is 2.00 bits per heavy atom. The molecule has 0 aromatic heterocycles. The van der Waals surface area contributed by atoms with E-state index in [0.29, 0.717) is 18.7 Å². The molecule has 0 fully saturated rings. The molecule has 3 N–H and O–H groups in total. The van der Waals surface area contributed by atoms with Crippen LogP contribution in [0.25, 0.3) is 0 Å². The summed E-state index contributed by atoms with van der Waals surface area (Å²) in [6.07, 6.45) is 0.499. The summed E-state index contributed by atoms with van der Waals surface area (Å²) in [7, 11) is 3.17. The molecule has 5 nitrogen and oxygen atoms in total. The van der Waals surface area contributed by atoms with Gasteiger partial charge in [-0.3, -0.25) is 4.79 Å². The molecule has 1 amide bonds. The van der Waals surface area contributed by atoms with E-state index < -0.39 is 6.04 Å². The zero-order valence-corrected chi connectivity index (χ0v) is 10.1. The average Bonchev–Trinajstić information content (AvgIpc) is 2.36. The van der Waals surface area contributed by atoms with Crippen molar-refractivity contribution in [2.45, 2.75) is 12.5 Å². The van der Waals surface area contributed by atoms with Gasteiger partial charge in [-0.25, -0.2) is 0 Å². The summed E-state index contributed by atoms with van der Waals surface area (Å²) < 4.78 is 9.89. The molecule has 0 radical (unpaired) electrons. The van der Waals surface area contributed by atoms with E-state index in [1.54, 1.807) is 38.5 Å². The van der Waals surface area contributed by atoms with Gasteiger partial charge >= 0.3 is 0 Å². The number of benzene rings is 1. The third-order valence-electron chi connectivity index (χ3n) is 2.33. The van der Waals surface area contributed by atoms with Crippen LogP contribution in [0.5, 0.6) is 5.75 Å². The lowest BCUT2D eigenvalue weighted by Crippen LogP contribution is -2.36. The fourth-order valence-electron chi connectivity index (χ4n) is 1.29. The van der Waals surface area contributed by atoms with Gasteiger partial charge in [0.2, 0.25) is 5.91 Å². The fourth-order valence-corrected chi connectivity index (χ4v) is 1.29. The third-order valence-corrected chi connectivity index (χ3v) is 2.33. The van der Waals surface area contributed by atoms with Crippen molar-refractivity contribution in [2.24, 2.45) is 5.73 Å². The second-order valence-electron chi connectivity index (χ2n) is 3.61. The Hall–Kier alpha value is -1.59. The van der Waals surface area contributed by atoms with Crippen LogP contribution >= 0.6 is 0 Å². The molecule has 1 rings (SSSR count). The van der Waals surface area contributed by atoms with Crippen molar-refractivity contribution in [1.29, 1.82) is 0 Å². The minimum Gasteiger partial charge on any atom is -0.497 e. The Bertz CT molecular complexity index is 351. The van der Waals surface area contributed by atoms with Crippen LogP contribution in [0.3, 0.4) is 0 Å². The van der Waals surface area contributed by atoms with Crippen LogP contribution in [0.2, 0.25) is 0 Å². The molecule has 0 spiro atoms. The van der Waals surface area contributed by atoms with Gasteiger partial charge < -0.3 is 20.5 Å². The molecular formula is C12H18N2O3. The van der Waals surface area contributed by atoms with Crippen LogP contribution < -0.4 is 15.8 Å². The van der Waals surface area contributed by atoms with Crippen molar-refractivity contribution in [3.05, 3.63) is 24.3 Å². The monoisotopic (exact) mass is 238 g/mol. The maximum absolute atomic E-state index is 11.6. The molecule has 0 heterocycles. The van der Waals surface area contributed by atoms with Crippen LogP contribution in [0.4, 0.5) is 5.69 Å². The van der Waals surface area contributed by atoms with Gasteiger partial charge in [-0.05, 0) is 30.7 Å². The first-order valence-corrected chi connectivity index (χ1v) is 5.37. The van der Waals surface area contributed by atoms with Crippen molar-refractivity contribution in [2.75, 3.05) is 26.1 Å². The minimum absolute atomic E-state index is 0.216. The SMILES string of the molecule is COCCC(N)C(=O)Nc1ccc(OC)cc1. The fraction of sp³-hybridized carbons (Fsp3) is 0.417. The highest BCUT2D eigenvalue weighted by Crippen LogP contribution is 2.15. The number of carbonyl (C=O) groups is 1. The van der Waals surface area contributed by atoms with Gasteiger partial charge in [-0.15, -0.1) is 0 Å². The Labute approximate surface area is 101 Å². The van der Waals surface area contributed by atoms with E-state index in [0.717, 1.165) is 5.75 Å². The molecule has 0 saturated carbocycles. The van der Waals surface area contributed by atoms with Crippen molar-refractivity contribution in [1.82, 2.24) is 0 Å². The Kier molecular flexibility index (Phi) is 5.45. The number of nitrogens with one attached hydrogen (secondary N) is 1. The molecule has 17 heavy (non-hydrogen) atoms. The van der Waals surface area contributed by atoms with Gasteiger partial charge in [-0.2, -0.15) is 0 Å². The predicted molar refractivity (Wildman–Crippen MR) is 66.1 cm³/mol. The second-order valence-corrected chi connectivity index (χ2v) is 3.61. The van der Waals surface area contributed by atoms with E-state index in [1.807, 2.05) is 0 Å². The number of carbonyl (C=O) groups excluding carboxylic acids is 1. The number of methoxy groups -OCH3 is 2. The lowest BCUT2D eigenvalue weighted by atomic mass is 10.2. The zero-order valence-electron chi connectivity index (χ0n) is 10.1. The normalized spacial score (nSPS) is 11.9. The van der Waals surface area contributed by atoms with Crippen molar-refractivity contribution >= 4 is 11.6 Å². The molecule has 1 aromatic rings. The first-order chi connectivity index (χ1) is 8.17. The largest absolute Gasteiger partial charge is 0.497 e.